The van der Waals surface area contributed by atoms with E-state index in [9.17, 15) is 10.1 Å². The third kappa shape index (κ3) is 4.04. The van der Waals surface area contributed by atoms with Gasteiger partial charge in [0.25, 0.3) is 5.91 Å². The molecule has 0 saturated carbocycles. The van der Waals surface area contributed by atoms with Gasteiger partial charge in [-0.05, 0) is 24.3 Å². The Bertz CT molecular complexity index is 810. The SMILES string of the molecule is COc1ccccc1/C=C(\C#N)C(=O)Nc1cccc(Cl)c1Cl. The van der Waals surface area contributed by atoms with Crippen molar-refractivity contribution in [2.24, 2.45) is 0 Å². The van der Waals surface area contributed by atoms with Gasteiger partial charge in [0.2, 0.25) is 0 Å². The lowest BCUT2D eigenvalue weighted by molar-refractivity contribution is -0.112. The van der Waals surface area contributed by atoms with E-state index in [-0.39, 0.29) is 10.6 Å². The van der Waals surface area contributed by atoms with Gasteiger partial charge in [0.1, 0.15) is 17.4 Å². The molecule has 0 saturated heterocycles. The van der Waals surface area contributed by atoms with Crippen molar-refractivity contribution in [3.63, 3.8) is 0 Å². The Morgan fingerprint density at radius 1 is 1.22 bits per heavy atom. The number of halogens is 2. The molecule has 1 amide bonds. The highest BCUT2D eigenvalue weighted by molar-refractivity contribution is 6.44. The highest BCUT2D eigenvalue weighted by Crippen LogP contribution is 2.30. The lowest BCUT2D eigenvalue weighted by atomic mass is 10.1. The molecule has 2 aromatic carbocycles. The molecule has 4 nitrogen and oxygen atoms in total. The smallest absolute Gasteiger partial charge is 0.266 e. The lowest BCUT2D eigenvalue weighted by Crippen LogP contribution is -2.13. The van der Waals surface area contributed by atoms with Crippen molar-refractivity contribution in [1.82, 2.24) is 0 Å². The molecule has 0 spiro atoms. The van der Waals surface area contributed by atoms with E-state index in [2.05, 4.69) is 5.32 Å². The number of anilines is 1. The molecule has 0 aromatic heterocycles. The van der Waals surface area contributed by atoms with Crippen LogP contribution in [0.15, 0.2) is 48.0 Å². The summed E-state index contributed by atoms with van der Waals surface area (Å²) in [6.07, 6.45) is 1.45. The van der Waals surface area contributed by atoms with E-state index in [4.69, 9.17) is 27.9 Å². The third-order valence-electron chi connectivity index (χ3n) is 3.00. The number of rotatable bonds is 4. The number of para-hydroxylation sites is 1. The van der Waals surface area contributed by atoms with Gasteiger partial charge in [-0.2, -0.15) is 5.26 Å². The minimum atomic E-state index is -0.581. The van der Waals surface area contributed by atoms with Crippen molar-refractivity contribution in [1.29, 1.82) is 5.26 Å². The van der Waals surface area contributed by atoms with Gasteiger partial charge in [0.15, 0.2) is 0 Å². The average molecular weight is 347 g/mol. The number of amides is 1. The second kappa shape index (κ2) is 7.68. The molecule has 1 N–H and O–H groups in total. The standard InChI is InChI=1S/C17H12Cl2N2O2/c1-23-15-8-3-2-5-11(15)9-12(10-20)17(22)21-14-7-4-6-13(18)16(14)19/h2-9H,1H3,(H,21,22)/b12-9+. The zero-order valence-electron chi connectivity index (χ0n) is 12.1. The van der Waals surface area contributed by atoms with Crippen molar-refractivity contribution in [2.75, 3.05) is 12.4 Å². The molecular weight excluding hydrogens is 335 g/mol. The summed E-state index contributed by atoms with van der Waals surface area (Å²) in [5, 5.41) is 12.4. The first-order valence-corrected chi connectivity index (χ1v) is 7.32. The van der Waals surface area contributed by atoms with Gasteiger partial charge in [-0.25, -0.2) is 0 Å². The van der Waals surface area contributed by atoms with Crippen LogP contribution in [-0.2, 0) is 4.79 Å². The van der Waals surface area contributed by atoms with Crippen molar-refractivity contribution >= 4 is 40.9 Å². The molecule has 0 radical (unpaired) electrons. The van der Waals surface area contributed by atoms with Crippen LogP contribution >= 0.6 is 23.2 Å². The molecule has 23 heavy (non-hydrogen) atoms. The highest BCUT2D eigenvalue weighted by Gasteiger charge is 2.13. The molecule has 0 heterocycles. The molecule has 0 aliphatic carbocycles. The molecule has 2 rings (SSSR count). The fourth-order valence-corrected chi connectivity index (χ4v) is 2.23. The van der Waals surface area contributed by atoms with Gasteiger partial charge in [-0.3, -0.25) is 4.79 Å². The predicted octanol–water partition coefficient (Wildman–Crippen LogP) is 4.55. The Morgan fingerprint density at radius 3 is 2.65 bits per heavy atom. The number of nitriles is 1. The van der Waals surface area contributed by atoms with Crippen molar-refractivity contribution in [3.05, 3.63) is 63.6 Å². The molecule has 0 unspecified atom stereocenters. The number of hydrogen-bond acceptors (Lipinski definition) is 3. The van der Waals surface area contributed by atoms with Crippen LogP contribution in [0.2, 0.25) is 10.0 Å². The van der Waals surface area contributed by atoms with Crippen LogP contribution in [0.4, 0.5) is 5.69 Å². The highest BCUT2D eigenvalue weighted by atomic mass is 35.5. The normalized spacial score (nSPS) is 10.8. The molecule has 116 valence electrons. The molecule has 0 aliphatic rings. The van der Waals surface area contributed by atoms with Crippen LogP contribution < -0.4 is 10.1 Å². The second-order valence-electron chi connectivity index (χ2n) is 4.47. The van der Waals surface area contributed by atoms with E-state index < -0.39 is 5.91 Å². The topological polar surface area (TPSA) is 62.1 Å². The summed E-state index contributed by atoms with van der Waals surface area (Å²) < 4.78 is 5.20. The average Bonchev–Trinajstić information content (AvgIpc) is 2.57. The number of benzene rings is 2. The summed E-state index contributed by atoms with van der Waals surface area (Å²) in [6.45, 7) is 0. The van der Waals surface area contributed by atoms with Gasteiger partial charge < -0.3 is 10.1 Å². The van der Waals surface area contributed by atoms with E-state index in [1.165, 1.54) is 13.2 Å². The summed E-state index contributed by atoms with van der Waals surface area (Å²) in [4.78, 5) is 12.3. The van der Waals surface area contributed by atoms with Crippen LogP contribution in [0.1, 0.15) is 5.56 Å². The maximum absolute atomic E-state index is 12.3. The molecule has 0 aliphatic heterocycles. The Balaban J connectivity index is 2.31. The first-order valence-electron chi connectivity index (χ1n) is 6.57. The summed E-state index contributed by atoms with van der Waals surface area (Å²) in [7, 11) is 1.52. The number of methoxy groups -OCH3 is 1. The lowest BCUT2D eigenvalue weighted by Gasteiger charge is -2.08. The van der Waals surface area contributed by atoms with Crippen LogP contribution in [0, 0.1) is 11.3 Å². The van der Waals surface area contributed by atoms with Crippen LogP contribution in [0.5, 0.6) is 5.75 Å². The Kier molecular flexibility index (Phi) is 5.64. The van der Waals surface area contributed by atoms with Crippen LogP contribution in [-0.4, -0.2) is 13.0 Å². The largest absolute Gasteiger partial charge is 0.496 e. The monoisotopic (exact) mass is 346 g/mol. The predicted molar refractivity (Wildman–Crippen MR) is 91.7 cm³/mol. The Hall–Kier alpha value is -2.48. The zero-order chi connectivity index (χ0) is 16.8. The molecule has 0 fully saturated rings. The van der Waals surface area contributed by atoms with E-state index in [1.807, 2.05) is 6.07 Å². The Labute approximate surface area is 143 Å². The fourth-order valence-electron chi connectivity index (χ4n) is 1.88. The molecule has 6 heteroatoms. The molecule has 2 aromatic rings. The minimum Gasteiger partial charge on any atom is -0.496 e. The van der Waals surface area contributed by atoms with Crippen LogP contribution in [0.25, 0.3) is 6.08 Å². The minimum absolute atomic E-state index is 0.0782. The zero-order valence-corrected chi connectivity index (χ0v) is 13.7. The van der Waals surface area contributed by atoms with Gasteiger partial charge in [0, 0.05) is 5.56 Å². The van der Waals surface area contributed by atoms with Gasteiger partial charge in [-0.15, -0.1) is 0 Å². The second-order valence-corrected chi connectivity index (χ2v) is 5.25. The third-order valence-corrected chi connectivity index (χ3v) is 3.82. The number of hydrogen-bond donors (Lipinski definition) is 1. The van der Waals surface area contributed by atoms with Gasteiger partial charge in [-0.1, -0.05) is 47.5 Å². The van der Waals surface area contributed by atoms with E-state index in [1.54, 1.807) is 42.5 Å². The number of nitrogens with one attached hydrogen (secondary N) is 1. The molecular formula is C17H12Cl2N2O2. The van der Waals surface area contributed by atoms with Crippen LogP contribution in [0.3, 0.4) is 0 Å². The van der Waals surface area contributed by atoms with Gasteiger partial charge in [0.05, 0.1) is 22.8 Å². The maximum atomic E-state index is 12.3. The molecule has 0 atom stereocenters. The van der Waals surface area contributed by atoms with E-state index in [0.29, 0.717) is 22.0 Å². The quantitative estimate of drug-likeness (QED) is 0.652. The number of carbonyl (C=O) groups excluding carboxylic acids is 1. The number of nitrogens with zero attached hydrogens (tertiary/aromatic N) is 1. The van der Waals surface area contributed by atoms with Gasteiger partial charge >= 0.3 is 0 Å². The van der Waals surface area contributed by atoms with Crippen molar-refractivity contribution in [2.45, 2.75) is 0 Å². The Morgan fingerprint density at radius 2 is 1.96 bits per heavy atom. The summed E-state index contributed by atoms with van der Waals surface area (Å²) >= 11 is 11.9. The van der Waals surface area contributed by atoms with E-state index >= 15 is 0 Å². The number of ether oxygens (including phenoxy) is 1. The maximum Gasteiger partial charge on any atom is 0.266 e. The fraction of sp³-hybridized carbons (Fsp3) is 0.0588. The number of carbonyl (C=O) groups is 1. The van der Waals surface area contributed by atoms with E-state index in [0.717, 1.165) is 0 Å². The summed E-state index contributed by atoms with van der Waals surface area (Å²) in [5.41, 5.74) is 0.884. The first-order chi connectivity index (χ1) is 11.1. The molecule has 0 bridgehead atoms. The summed E-state index contributed by atoms with van der Waals surface area (Å²) in [5.74, 6) is -0.0172. The summed E-state index contributed by atoms with van der Waals surface area (Å²) in [6, 6.07) is 13.8. The van der Waals surface area contributed by atoms with Crippen molar-refractivity contribution < 1.29 is 9.53 Å². The first kappa shape index (κ1) is 16.9. The van der Waals surface area contributed by atoms with Crippen molar-refractivity contribution in [3.8, 4) is 11.8 Å².